The Hall–Kier alpha value is -2.18. The van der Waals surface area contributed by atoms with Crippen LogP contribution in [0.2, 0.25) is 0 Å². The summed E-state index contributed by atoms with van der Waals surface area (Å²) in [6.45, 7) is 8.63. The highest BCUT2D eigenvalue weighted by atomic mass is 32.1. The molecule has 26 heavy (non-hydrogen) atoms. The van der Waals surface area contributed by atoms with E-state index in [0.29, 0.717) is 12.1 Å². The minimum absolute atomic E-state index is 0.0284. The Kier molecular flexibility index (Phi) is 6.06. The number of hydrogen-bond acceptors (Lipinski definition) is 4. The van der Waals surface area contributed by atoms with Crippen LogP contribution in [-0.4, -0.2) is 60.9 Å². The number of piperazine rings is 1. The van der Waals surface area contributed by atoms with Gasteiger partial charge in [-0.1, -0.05) is 6.07 Å². The summed E-state index contributed by atoms with van der Waals surface area (Å²) < 4.78 is 0. The zero-order valence-electron chi connectivity index (χ0n) is 15.3. The third-order valence-corrected chi connectivity index (χ3v) is 5.59. The summed E-state index contributed by atoms with van der Waals surface area (Å²) >= 11 is 1.55. The fourth-order valence-corrected chi connectivity index (χ4v) is 3.69. The number of amides is 2. The van der Waals surface area contributed by atoms with Crippen molar-refractivity contribution in [2.75, 3.05) is 39.3 Å². The van der Waals surface area contributed by atoms with Gasteiger partial charge in [0.25, 0.3) is 11.8 Å². The molecule has 1 aromatic heterocycles. The van der Waals surface area contributed by atoms with E-state index in [-0.39, 0.29) is 11.8 Å². The summed E-state index contributed by atoms with van der Waals surface area (Å²) in [4.78, 5) is 28.8. The van der Waals surface area contributed by atoms with Crippen LogP contribution in [0.5, 0.6) is 0 Å². The van der Waals surface area contributed by atoms with Gasteiger partial charge < -0.3 is 10.2 Å². The highest BCUT2D eigenvalue weighted by molar-refractivity contribution is 7.08. The summed E-state index contributed by atoms with van der Waals surface area (Å²) in [6, 6.07) is 7.65. The largest absolute Gasteiger partial charge is 0.351 e. The van der Waals surface area contributed by atoms with Gasteiger partial charge in [0, 0.05) is 50.2 Å². The summed E-state index contributed by atoms with van der Waals surface area (Å²) in [5.74, 6) is 0.0910. The number of hydrogen-bond donors (Lipinski definition) is 1. The van der Waals surface area contributed by atoms with E-state index in [0.717, 1.165) is 43.9 Å². The van der Waals surface area contributed by atoms with Gasteiger partial charge in [0.2, 0.25) is 0 Å². The van der Waals surface area contributed by atoms with E-state index in [2.05, 4.69) is 10.2 Å². The number of rotatable bonds is 5. The second kappa shape index (κ2) is 8.47. The van der Waals surface area contributed by atoms with Crippen LogP contribution in [0, 0.1) is 13.8 Å². The lowest BCUT2D eigenvalue weighted by molar-refractivity contribution is 0.0638. The molecule has 1 aliphatic rings. The van der Waals surface area contributed by atoms with Crippen LogP contribution in [0.1, 0.15) is 31.8 Å². The second-order valence-electron chi connectivity index (χ2n) is 6.70. The van der Waals surface area contributed by atoms with Gasteiger partial charge in [-0.2, -0.15) is 11.3 Å². The molecule has 6 heteroatoms. The van der Waals surface area contributed by atoms with E-state index >= 15 is 0 Å². The second-order valence-corrected chi connectivity index (χ2v) is 7.48. The van der Waals surface area contributed by atoms with Crippen molar-refractivity contribution in [3.05, 3.63) is 57.3 Å². The number of aryl methyl sites for hydroxylation is 2. The van der Waals surface area contributed by atoms with E-state index in [9.17, 15) is 9.59 Å². The van der Waals surface area contributed by atoms with Crippen molar-refractivity contribution in [3.63, 3.8) is 0 Å². The zero-order valence-corrected chi connectivity index (χ0v) is 16.1. The van der Waals surface area contributed by atoms with Crippen LogP contribution in [-0.2, 0) is 0 Å². The van der Waals surface area contributed by atoms with Crippen LogP contribution < -0.4 is 5.32 Å². The summed E-state index contributed by atoms with van der Waals surface area (Å²) in [7, 11) is 0. The first-order chi connectivity index (χ1) is 12.5. The van der Waals surface area contributed by atoms with Gasteiger partial charge in [-0.05, 0) is 48.6 Å². The molecule has 1 aromatic carbocycles. The van der Waals surface area contributed by atoms with Crippen LogP contribution in [0.4, 0.5) is 0 Å². The van der Waals surface area contributed by atoms with Crippen LogP contribution in [0.15, 0.2) is 35.0 Å². The molecule has 1 saturated heterocycles. The molecule has 0 bridgehead atoms. The number of carbonyl (C=O) groups excluding carboxylic acids is 2. The standard InChI is InChI=1S/C20H25N3O2S/c1-15-3-4-17(13-16(15)2)19(24)21-6-7-22-8-10-23(11-9-22)20(25)18-5-12-26-14-18/h3-5,12-14H,6-11H2,1-2H3,(H,21,24). The molecule has 2 amide bonds. The summed E-state index contributed by atoms with van der Waals surface area (Å²) in [6.07, 6.45) is 0. The molecule has 0 aliphatic carbocycles. The van der Waals surface area contributed by atoms with Gasteiger partial charge in [0.15, 0.2) is 0 Å². The first-order valence-corrected chi connectivity index (χ1v) is 9.88. The number of carbonyl (C=O) groups is 2. The molecule has 1 aliphatic heterocycles. The third-order valence-electron chi connectivity index (χ3n) is 4.91. The summed E-state index contributed by atoms with van der Waals surface area (Å²) in [5.41, 5.74) is 3.81. The molecule has 0 saturated carbocycles. The molecule has 5 nitrogen and oxygen atoms in total. The monoisotopic (exact) mass is 371 g/mol. The van der Waals surface area contributed by atoms with Crippen molar-refractivity contribution in [2.45, 2.75) is 13.8 Å². The fraction of sp³-hybridized carbons (Fsp3) is 0.400. The van der Waals surface area contributed by atoms with Gasteiger partial charge in [-0.3, -0.25) is 14.5 Å². The van der Waals surface area contributed by atoms with Gasteiger partial charge in [-0.25, -0.2) is 0 Å². The van der Waals surface area contributed by atoms with Gasteiger partial charge in [-0.15, -0.1) is 0 Å². The first-order valence-electron chi connectivity index (χ1n) is 8.94. The highest BCUT2D eigenvalue weighted by Gasteiger charge is 2.22. The Labute approximate surface area is 158 Å². The molecule has 1 N–H and O–H groups in total. The van der Waals surface area contributed by atoms with Crippen LogP contribution >= 0.6 is 11.3 Å². The lowest BCUT2D eigenvalue weighted by Gasteiger charge is -2.34. The normalized spacial score (nSPS) is 15.1. The number of thiophene rings is 1. The number of benzene rings is 1. The zero-order chi connectivity index (χ0) is 18.5. The van der Waals surface area contributed by atoms with Crippen molar-refractivity contribution in [2.24, 2.45) is 0 Å². The van der Waals surface area contributed by atoms with Crippen LogP contribution in [0.3, 0.4) is 0 Å². The smallest absolute Gasteiger partial charge is 0.254 e. The predicted octanol–water partition coefficient (Wildman–Crippen LogP) is 2.55. The lowest BCUT2D eigenvalue weighted by Crippen LogP contribution is -2.50. The maximum absolute atomic E-state index is 12.3. The van der Waals surface area contributed by atoms with Crippen molar-refractivity contribution in [1.82, 2.24) is 15.1 Å². The molecule has 2 heterocycles. The molecule has 0 radical (unpaired) electrons. The van der Waals surface area contributed by atoms with E-state index in [1.807, 2.05) is 53.8 Å². The Morgan fingerprint density at radius 2 is 1.81 bits per heavy atom. The Morgan fingerprint density at radius 1 is 1.04 bits per heavy atom. The fourth-order valence-electron chi connectivity index (χ4n) is 3.06. The molecule has 0 unspecified atom stereocenters. The average Bonchev–Trinajstić information content (AvgIpc) is 3.18. The lowest BCUT2D eigenvalue weighted by atomic mass is 10.1. The van der Waals surface area contributed by atoms with Gasteiger partial charge in [0.1, 0.15) is 0 Å². The molecule has 138 valence electrons. The first kappa shape index (κ1) is 18.6. The average molecular weight is 372 g/mol. The summed E-state index contributed by atoms with van der Waals surface area (Å²) in [5, 5.41) is 6.82. The van der Waals surface area contributed by atoms with E-state index in [4.69, 9.17) is 0 Å². The predicted molar refractivity (Wildman–Crippen MR) is 105 cm³/mol. The maximum Gasteiger partial charge on any atom is 0.254 e. The van der Waals surface area contributed by atoms with Gasteiger partial charge in [0.05, 0.1) is 5.56 Å². The van der Waals surface area contributed by atoms with Crippen LogP contribution in [0.25, 0.3) is 0 Å². The molecule has 0 atom stereocenters. The number of nitrogens with one attached hydrogen (secondary N) is 1. The van der Waals surface area contributed by atoms with Crippen molar-refractivity contribution >= 4 is 23.2 Å². The molecule has 2 aromatic rings. The molecule has 3 rings (SSSR count). The van der Waals surface area contributed by atoms with E-state index in [1.165, 1.54) is 5.56 Å². The number of nitrogens with zero attached hydrogens (tertiary/aromatic N) is 2. The quantitative estimate of drug-likeness (QED) is 0.879. The maximum atomic E-state index is 12.3. The molecule has 1 fully saturated rings. The topological polar surface area (TPSA) is 52.7 Å². The Bertz CT molecular complexity index is 765. The highest BCUT2D eigenvalue weighted by Crippen LogP contribution is 2.12. The Morgan fingerprint density at radius 3 is 2.46 bits per heavy atom. The molecular weight excluding hydrogens is 346 g/mol. The molecule has 0 spiro atoms. The minimum atomic E-state index is -0.0284. The van der Waals surface area contributed by atoms with Crippen molar-refractivity contribution < 1.29 is 9.59 Å². The SMILES string of the molecule is Cc1ccc(C(=O)NCCN2CCN(C(=O)c3ccsc3)CC2)cc1C. The Balaban J connectivity index is 1.40. The minimum Gasteiger partial charge on any atom is -0.351 e. The van der Waals surface area contributed by atoms with Crippen molar-refractivity contribution in [3.8, 4) is 0 Å². The van der Waals surface area contributed by atoms with E-state index in [1.54, 1.807) is 11.3 Å². The van der Waals surface area contributed by atoms with Gasteiger partial charge >= 0.3 is 0 Å². The van der Waals surface area contributed by atoms with Crippen molar-refractivity contribution in [1.29, 1.82) is 0 Å². The third kappa shape index (κ3) is 4.51. The molecular formula is C20H25N3O2S. The van der Waals surface area contributed by atoms with E-state index < -0.39 is 0 Å².